The highest BCUT2D eigenvalue weighted by molar-refractivity contribution is 7.98. The lowest BCUT2D eigenvalue weighted by atomic mass is 10.1. The van der Waals surface area contributed by atoms with Crippen molar-refractivity contribution in [1.82, 2.24) is 24.1 Å². The summed E-state index contributed by atoms with van der Waals surface area (Å²) >= 11 is 1.44. The van der Waals surface area contributed by atoms with Crippen LogP contribution in [0.2, 0.25) is 0 Å². The summed E-state index contributed by atoms with van der Waals surface area (Å²) in [5, 5.41) is 5.53. The average Bonchev–Trinajstić information content (AvgIpc) is 3.06. The molecule has 0 saturated heterocycles. The van der Waals surface area contributed by atoms with Gasteiger partial charge in [0.25, 0.3) is 11.3 Å². The highest BCUT2D eigenvalue weighted by Crippen LogP contribution is 2.16. The molecule has 0 aliphatic carbocycles. The van der Waals surface area contributed by atoms with Crippen molar-refractivity contribution in [2.45, 2.75) is 18.5 Å². The van der Waals surface area contributed by atoms with Crippen molar-refractivity contribution >= 4 is 28.4 Å². The van der Waals surface area contributed by atoms with E-state index in [-0.39, 0.29) is 5.56 Å². The predicted octanol–water partition coefficient (Wildman–Crippen LogP) is 2.71. The summed E-state index contributed by atoms with van der Waals surface area (Å²) in [5.41, 5.74) is 2.66. The zero-order valence-electron chi connectivity index (χ0n) is 13.3. The first-order valence-electron chi connectivity index (χ1n) is 7.61. The number of aryl methyl sites for hydroxylation is 1. The fraction of sp³-hybridized carbons (Fsp3) is 0.176. The van der Waals surface area contributed by atoms with Crippen molar-refractivity contribution in [3.8, 4) is 5.69 Å². The van der Waals surface area contributed by atoms with Gasteiger partial charge in [-0.15, -0.1) is 5.10 Å². The van der Waals surface area contributed by atoms with Crippen LogP contribution in [-0.4, -0.2) is 30.4 Å². The zero-order chi connectivity index (χ0) is 16.7. The predicted molar refractivity (Wildman–Crippen MR) is 95.0 cm³/mol. The first-order chi connectivity index (χ1) is 11.7. The summed E-state index contributed by atoms with van der Waals surface area (Å²) in [6.45, 7) is 2.11. The number of pyridine rings is 1. The third-order valence-corrected chi connectivity index (χ3v) is 4.56. The molecule has 0 fully saturated rings. The molecule has 0 aliphatic rings. The molecule has 7 heteroatoms. The number of hydrogen-bond acceptors (Lipinski definition) is 5. The number of rotatable bonds is 3. The van der Waals surface area contributed by atoms with Gasteiger partial charge in [0.2, 0.25) is 5.16 Å². The Hall–Kier alpha value is -2.67. The van der Waals surface area contributed by atoms with E-state index < -0.39 is 0 Å². The molecule has 0 N–H and O–H groups in total. The van der Waals surface area contributed by atoms with Gasteiger partial charge in [-0.2, -0.15) is 9.50 Å². The number of thioether (sulfide) groups is 1. The summed E-state index contributed by atoms with van der Waals surface area (Å²) in [7, 11) is 0. The molecule has 0 saturated carbocycles. The Morgan fingerprint density at radius 2 is 1.96 bits per heavy atom. The molecule has 0 aliphatic heterocycles. The smallest absolute Gasteiger partial charge is 0.266 e. The van der Waals surface area contributed by atoms with Gasteiger partial charge in [-0.05, 0) is 36.4 Å². The molecule has 3 heterocycles. The lowest BCUT2D eigenvalue weighted by Crippen LogP contribution is -2.18. The van der Waals surface area contributed by atoms with Gasteiger partial charge < -0.3 is 0 Å². The topological polar surface area (TPSA) is 65.1 Å². The molecule has 120 valence electrons. The van der Waals surface area contributed by atoms with Crippen molar-refractivity contribution in [1.29, 1.82) is 0 Å². The van der Waals surface area contributed by atoms with Crippen LogP contribution >= 0.6 is 11.8 Å². The lowest BCUT2D eigenvalue weighted by molar-refractivity contribution is 0.904. The maximum absolute atomic E-state index is 12.9. The van der Waals surface area contributed by atoms with Crippen molar-refractivity contribution in [3.05, 3.63) is 58.6 Å². The van der Waals surface area contributed by atoms with E-state index in [1.54, 1.807) is 21.5 Å². The summed E-state index contributed by atoms with van der Waals surface area (Å²) in [6, 6.07) is 9.86. The van der Waals surface area contributed by atoms with E-state index >= 15 is 0 Å². The highest BCUT2D eigenvalue weighted by Gasteiger charge is 2.11. The van der Waals surface area contributed by atoms with Gasteiger partial charge in [-0.25, -0.2) is 4.98 Å². The Labute approximate surface area is 142 Å². The van der Waals surface area contributed by atoms with Gasteiger partial charge in [-0.1, -0.05) is 30.8 Å². The lowest BCUT2D eigenvalue weighted by Gasteiger charge is -2.08. The van der Waals surface area contributed by atoms with Crippen LogP contribution < -0.4 is 5.56 Å². The molecule has 3 aromatic heterocycles. The fourth-order valence-corrected chi connectivity index (χ4v) is 3.02. The average molecular weight is 337 g/mol. The third kappa shape index (κ3) is 2.28. The van der Waals surface area contributed by atoms with E-state index in [4.69, 9.17) is 0 Å². The number of fused-ring (bicyclic) bond motifs is 3. The van der Waals surface area contributed by atoms with Crippen LogP contribution in [0.15, 0.2) is 52.7 Å². The first kappa shape index (κ1) is 14.9. The number of nitrogens with zero attached hydrogens (tertiary/aromatic N) is 5. The van der Waals surface area contributed by atoms with Crippen molar-refractivity contribution < 1.29 is 0 Å². The van der Waals surface area contributed by atoms with Gasteiger partial charge >= 0.3 is 0 Å². The summed E-state index contributed by atoms with van der Waals surface area (Å²) in [5.74, 6) is 0.497. The van der Waals surface area contributed by atoms with Crippen molar-refractivity contribution in [2.24, 2.45) is 0 Å². The van der Waals surface area contributed by atoms with Gasteiger partial charge in [0.05, 0.1) is 10.9 Å². The molecule has 4 rings (SSSR count). The van der Waals surface area contributed by atoms with Crippen molar-refractivity contribution in [2.75, 3.05) is 6.26 Å². The van der Waals surface area contributed by atoms with E-state index in [9.17, 15) is 4.79 Å². The largest absolute Gasteiger partial charge is 0.284 e. The van der Waals surface area contributed by atoms with Crippen LogP contribution in [0, 0.1) is 0 Å². The van der Waals surface area contributed by atoms with Crippen LogP contribution in [0.25, 0.3) is 22.4 Å². The molecule has 4 aromatic rings. The SMILES string of the molecule is CCc1ccc(-n2ccc3c(cnc4nc(SC)nn43)c2=O)cc1. The third-order valence-electron chi connectivity index (χ3n) is 4.02. The Kier molecular flexibility index (Phi) is 3.57. The normalized spacial score (nSPS) is 11.4. The van der Waals surface area contributed by atoms with Crippen molar-refractivity contribution in [3.63, 3.8) is 0 Å². The number of benzene rings is 1. The van der Waals surface area contributed by atoms with Gasteiger partial charge in [-0.3, -0.25) is 9.36 Å². The van der Waals surface area contributed by atoms with Crippen LogP contribution in [0.5, 0.6) is 0 Å². The molecule has 0 radical (unpaired) electrons. The summed E-state index contributed by atoms with van der Waals surface area (Å²) < 4.78 is 3.24. The summed E-state index contributed by atoms with van der Waals surface area (Å²) in [6.07, 6.45) is 6.22. The van der Waals surface area contributed by atoms with Gasteiger partial charge in [0.15, 0.2) is 0 Å². The molecule has 0 bridgehead atoms. The Bertz CT molecular complexity index is 1100. The first-order valence-corrected chi connectivity index (χ1v) is 8.84. The van der Waals surface area contributed by atoms with E-state index in [0.717, 1.165) is 12.1 Å². The van der Waals surface area contributed by atoms with Crippen LogP contribution in [0.3, 0.4) is 0 Å². The molecule has 0 spiro atoms. The van der Waals surface area contributed by atoms with Gasteiger partial charge in [0.1, 0.15) is 0 Å². The number of aromatic nitrogens is 5. The standard InChI is InChI=1S/C17H15N5OS/c1-3-11-4-6-12(7-5-11)21-9-8-14-13(15(21)23)10-18-16-19-17(24-2)20-22(14)16/h4-10H,3H2,1-2H3. The van der Waals surface area contributed by atoms with E-state index in [0.29, 0.717) is 21.8 Å². The second-order valence-corrected chi connectivity index (χ2v) is 6.15. The second-order valence-electron chi connectivity index (χ2n) is 5.38. The quantitative estimate of drug-likeness (QED) is 0.538. The molecule has 24 heavy (non-hydrogen) atoms. The monoisotopic (exact) mass is 337 g/mol. The van der Waals surface area contributed by atoms with Crippen LogP contribution in [0.4, 0.5) is 0 Å². The minimum Gasteiger partial charge on any atom is -0.284 e. The zero-order valence-corrected chi connectivity index (χ0v) is 14.1. The van der Waals surface area contributed by atoms with Gasteiger partial charge in [0, 0.05) is 18.1 Å². The fourth-order valence-electron chi connectivity index (χ4n) is 2.68. The maximum Gasteiger partial charge on any atom is 0.266 e. The Balaban J connectivity index is 1.94. The van der Waals surface area contributed by atoms with Crippen LogP contribution in [-0.2, 0) is 6.42 Å². The van der Waals surface area contributed by atoms with Crippen LogP contribution in [0.1, 0.15) is 12.5 Å². The maximum atomic E-state index is 12.9. The Morgan fingerprint density at radius 3 is 2.67 bits per heavy atom. The highest BCUT2D eigenvalue weighted by atomic mass is 32.2. The molecule has 0 amide bonds. The summed E-state index contributed by atoms with van der Waals surface area (Å²) in [4.78, 5) is 21.4. The van der Waals surface area contributed by atoms with E-state index in [1.165, 1.54) is 17.3 Å². The van der Waals surface area contributed by atoms with E-state index in [2.05, 4.69) is 22.0 Å². The molecular formula is C17H15N5OS. The molecule has 0 atom stereocenters. The minimum atomic E-state index is -0.118. The number of hydrogen-bond donors (Lipinski definition) is 0. The molecule has 1 aromatic carbocycles. The van der Waals surface area contributed by atoms with E-state index in [1.807, 2.05) is 36.6 Å². The molecule has 0 unspecified atom stereocenters. The minimum absolute atomic E-state index is 0.118. The molecular weight excluding hydrogens is 322 g/mol. The molecule has 6 nitrogen and oxygen atoms in total. The Morgan fingerprint density at radius 1 is 1.17 bits per heavy atom. The second kappa shape index (κ2) is 5.76.